The van der Waals surface area contributed by atoms with E-state index >= 15 is 0 Å². The summed E-state index contributed by atoms with van der Waals surface area (Å²) in [7, 11) is 0. The second kappa shape index (κ2) is 11.6. The van der Waals surface area contributed by atoms with Gasteiger partial charge in [-0.1, -0.05) is 110 Å². The largest absolute Gasteiger partial charge is 0.455 e. The lowest BCUT2D eigenvalue weighted by molar-refractivity contribution is 0.332. The summed E-state index contributed by atoms with van der Waals surface area (Å²) in [6.45, 7) is 24.1. The van der Waals surface area contributed by atoms with Crippen molar-refractivity contribution in [2.45, 2.75) is 117 Å². The smallest absolute Gasteiger partial charge is 0.333 e. The van der Waals surface area contributed by atoms with E-state index in [1.165, 1.54) is 142 Å². The van der Waals surface area contributed by atoms with Crippen LogP contribution in [-0.4, -0.2) is 11.4 Å². The zero-order valence-corrected chi connectivity index (χ0v) is 38.0. The maximum atomic E-state index is 7.36. The zero-order valence-electron chi connectivity index (χ0n) is 38.0. The molecule has 2 aromatic heterocycles. The molecular weight excluding hydrogens is 751 g/mol. The highest BCUT2D eigenvalue weighted by Gasteiger charge is 2.47. The Bertz CT molecular complexity index is 3520. The highest BCUT2D eigenvalue weighted by Crippen LogP contribution is 2.54. The monoisotopic (exact) mass is 806 g/mol. The Balaban J connectivity index is 1.19. The van der Waals surface area contributed by atoms with Crippen LogP contribution in [0, 0.1) is 13.8 Å². The Morgan fingerprint density at radius 2 is 1.18 bits per heavy atom. The molecule has 0 saturated heterocycles. The molecule has 0 fully saturated rings. The molecule has 7 aromatic carbocycles. The van der Waals surface area contributed by atoms with Gasteiger partial charge in [-0.25, -0.2) is 0 Å². The van der Waals surface area contributed by atoms with E-state index in [0.717, 1.165) is 11.2 Å². The van der Waals surface area contributed by atoms with Crippen LogP contribution in [0.25, 0.3) is 71.3 Å². The number of anilines is 2. The van der Waals surface area contributed by atoms with E-state index in [0.29, 0.717) is 0 Å². The van der Waals surface area contributed by atoms with Gasteiger partial charge in [0.1, 0.15) is 11.2 Å². The molecule has 0 spiro atoms. The summed E-state index contributed by atoms with van der Waals surface area (Å²) < 4.78 is 9.98. The summed E-state index contributed by atoms with van der Waals surface area (Å²) in [5, 5.41) is 7.60. The quantitative estimate of drug-likeness (QED) is 0.154. The van der Waals surface area contributed by atoms with Crippen LogP contribution < -0.4 is 15.7 Å². The van der Waals surface area contributed by atoms with Crippen molar-refractivity contribution in [3.05, 3.63) is 137 Å². The minimum Gasteiger partial charge on any atom is -0.455 e. The Morgan fingerprint density at radius 3 is 1.89 bits per heavy atom. The number of fused-ring (bicyclic) bond motifs is 14. The van der Waals surface area contributed by atoms with Crippen molar-refractivity contribution < 1.29 is 4.42 Å². The minimum atomic E-state index is -0.0461. The van der Waals surface area contributed by atoms with Crippen molar-refractivity contribution >= 4 is 83.7 Å². The van der Waals surface area contributed by atoms with Crippen LogP contribution in [0.15, 0.2) is 108 Å². The van der Waals surface area contributed by atoms with Gasteiger partial charge < -0.3 is 13.8 Å². The molecule has 4 aliphatic rings. The molecule has 0 amide bonds. The van der Waals surface area contributed by atoms with Crippen LogP contribution in [0.1, 0.15) is 114 Å². The molecule has 9 aromatic rings. The number of aryl methyl sites for hydroxylation is 2. The number of aromatic nitrogens is 1. The number of para-hydroxylation sites is 1. The van der Waals surface area contributed by atoms with E-state index in [4.69, 9.17) is 4.42 Å². The maximum absolute atomic E-state index is 7.36. The summed E-state index contributed by atoms with van der Waals surface area (Å²) >= 11 is 0. The summed E-state index contributed by atoms with van der Waals surface area (Å²) in [6.07, 6.45) is 4.72. The average Bonchev–Trinajstić information content (AvgIpc) is 3.77. The standard InChI is InChI=1S/C58H55BN2O/c1-32-24-40-51-46(19-18-37-39-29-42-44(31-50(39)62-54(37)51)58(9,10)23-21-56(42,5)6)61(47-30-43-41(26-33(47)2)55(3,4)20-22-57(43,7)8)59-45-17-13-16-36-38-27-34-14-11-12-15-35(34)28-48(38)60(53(36)45)49(25-32)52(40)59/h11-19,24-31H,20-23H2,1-10H3. The highest BCUT2D eigenvalue weighted by molar-refractivity contribution is 6.93. The summed E-state index contributed by atoms with van der Waals surface area (Å²) in [5.74, 6) is 0. The van der Waals surface area contributed by atoms with E-state index in [-0.39, 0.29) is 28.5 Å². The Labute approximate surface area is 365 Å². The summed E-state index contributed by atoms with van der Waals surface area (Å²) in [5.41, 5.74) is 22.4. The third kappa shape index (κ3) is 4.63. The first-order valence-corrected chi connectivity index (χ1v) is 23.1. The molecule has 13 rings (SSSR count). The molecule has 2 aliphatic heterocycles. The fourth-order valence-corrected chi connectivity index (χ4v) is 12.9. The lowest BCUT2D eigenvalue weighted by Gasteiger charge is -2.45. The van der Waals surface area contributed by atoms with Gasteiger partial charge in [-0.05, 0) is 170 Å². The molecule has 0 unspecified atom stereocenters. The van der Waals surface area contributed by atoms with Gasteiger partial charge in [-0.15, -0.1) is 0 Å². The molecular formula is C58H55BN2O. The topological polar surface area (TPSA) is 21.3 Å². The number of hydrogen-bond acceptors (Lipinski definition) is 2. The highest BCUT2D eigenvalue weighted by atomic mass is 16.3. The van der Waals surface area contributed by atoms with E-state index in [2.05, 4.69) is 182 Å². The van der Waals surface area contributed by atoms with Crippen LogP contribution in [0.2, 0.25) is 0 Å². The van der Waals surface area contributed by atoms with Gasteiger partial charge >= 0.3 is 6.85 Å². The van der Waals surface area contributed by atoms with Crippen LogP contribution in [0.5, 0.6) is 0 Å². The van der Waals surface area contributed by atoms with E-state index in [9.17, 15) is 0 Å². The second-order valence-electron chi connectivity index (χ2n) is 22.4. The van der Waals surface area contributed by atoms with E-state index in [1.807, 2.05) is 0 Å². The Morgan fingerprint density at radius 1 is 0.532 bits per heavy atom. The number of benzene rings is 7. The zero-order chi connectivity index (χ0) is 42.6. The van der Waals surface area contributed by atoms with Crippen molar-refractivity contribution in [3.8, 4) is 16.8 Å². The third-order valence-electron chi connectivity index (χ3n) is 16.6. The molecule has 306 valence electrons. The number of nitrogens with zero attached hydrogens (tertiary/aromatic N) is 2. The first kappa shape index (κ1) is 36.9. The molecule has 4 heteroatoms. The van der Waals surface area contributed by atoms with Crippen LogP contribution in [-0.2, 0) is 21.7 Å². The second-order valence-corrected chi connectivity index (χ2v) is 22.4. The summed E-state index contributed by atoms with van der Waals surface area (Å²) in [4.78, 5) is 2.74. The summed E-state index contributed by atoms with van der Waals surface area (Å²) in [6, 6.07) is 40.6. The molecule has 4 heterocycles. The fraction of sp³-hybridized carbons (Fsp3) is 0.310. The van der Waals surface area contributed by atoms with Crippen molar-refractivity contribution in [2.75, 3.05) is 4.81 Å². The molecule has 0 bridgehead atoms. The minimum absolute atomic E-state index is 0.0461. The van der Waals surface area contributed by atoms with Gasteiger partial charge in [0.2, 0.25) is 0 Å². The third-order valence-corrected chi connectivity index (χ3v) is 16.6. The van der Waals surface area contributed by atoms with Gasteiger partial charge in [-0.2, -0.15) is 0 Å². The molecule has 0 saturated carbocycles. The Hall–Kier alpha value is -5.74. The van der Waals surface area contributed by atoms with Crippen molar-refractivity contribution in [2.24, 2.45) is 0 Å². The maximum Gasteiger partial charge on any atom is 0.333 e. The molecule has 0 N–H and O–H groups in total. The van der Waals surface area contributed by atoms with Gasteiger partial charge in [0, 0.05) is 44.2 Å². The van der Waals surface area contributed by atoms with Gasteiger partial charge in [-0.3, -0.25) is 0 Å². The lowest BCUT2D eigenvalue weighted by atomic mass is 9.43. The Kier molecular flexibility index (Phi) is 6.92. The van der Waals surface area contributed by atoms with Crippen molar-refractivity contribution in [1.29, 1.82) is 0 Å². The number of hydrogen-bond donors (Lipinski definition) is 0. The van der Waals surface area contributed by atoms with Crippen molar-refractivity contribution in [1.82, 2.24) is 4.57 Å². The predicted octanol–water partition coefficient (Wildman–Crippen LogP) is 14.4. The first-order chi connectivity index (χ1) is 29.5. The predicted molar refractivity (Wildman–Crippen MR) is 265 cm³/mol. The molecule has 0 atom stereocenters. The van der Waals surface area contributed by atoms with Gasteiger partial charge in [0.05, 0.1) is 11.0 Å². The molecule has 62 heavy (non-hydrogen) atoms. The number of furan rings is 1. The first-order valence-electron chi connectivity index (χ1n) is 23.1. The van der Waals surface area contributed by atoms with Gasteiger partial charge in [0.25, 0.3) is 0 Å². The lowest BCUT2D eigenvalue weighted by Crippen LogP contribution is -2.60. The van der Waals surface area contributed by atoms with Crippen molar-refractivity contribution in [3.63, 3.8) is 0 Å². The molecule has 2 aliphatic carbocycles. The molecule has 0 radical (unpaired) electrons. The number of rotatable bonds is 1. The van der Waals surface area contributed by atoms with Crippen LogP contribution in [0.4, 0.5) is 11.4 Å². The average molecular weight is 807 g/mol. The molecule has 3 nitrogen and oxygen atoms in total. The van der Waals surface area contributed by atoms with Crippen LogP contribution in [0.3, 0.4) is 0 Å². The van der Waals surface area contributed by atoms with E-state index < -0.39 is 0 Å². The van der Waals surface area contributed by atoms with E-state index in [1.54, 1.807) is 0 Å². The SMILES string of the molecule is Cc1cc2c3c(c1)-n1c4cc5ccccc5cc4c4cccc(c41)B3N(c1cc3c(cc1C)C(C)(C)CCC3(C)C)c1ccc3c(oc4cc5c(cc43)C(C)(C)CCC5(C)C)c1-2. The van der Waals surface area contributed by atoms with Crippen LogP contribution >= 0.6 is 0 Å². The normalized spacial score (nSPS) is 18.7. The fourth-order valence-electron chi connectivity index (χ4n) is 12.9. The van der Waals surface area contributed by atoms with Gasteiger partial charge in [0.15, 0.2) is 0 Å².